The van der Waals surface area contributed by atoms with E-state index in [2.05, 4.69) is 20.0 Å². The number of ether oxygens (including phenoxy) is 3. The van der Waals surface area contributed by atoms with Crippen molar-refractivity contribution in [2.24, 2.45) is 5.92 Å². The molecule has 0 unspecified atom stereocenters. The summed E-state index contributed by atoms with van der Waals surface area (Å²) >= 11 is 1.58. The molecular formula is C24H31FN4O3S. The summed E-state index contributed by atoms with van der Waals surface area (Å²) in [6.45, 7) is 6.87. The fourth-order valence-corrected chi connectivity index (χ4v) is 6.39. The van der Waals surface area contributed by atoms with E-state index >= 15 is 0 Å². The molecule has 0 radical (unpaired) electrons. The van der Waals surface area contributed by atoms with Gasteiger partial charge in [-0.05, 0) is 62.9 Å². The van der Waals surface area contributed by atoms with Crippen molar-refractivity contribution in [2.45, 2.75) is 43.2 Å². The Morgan fingerprint density at radius 2 is 2.06 bits per heavy atom. The van der Waals surface area contributed by atoms with Crippen molar-refractivity contribution >= 4 is 16.5 Å². The number of piperidine rings is 1. The molecule has 2 atom stereocenters. The number of likely N-dealkylation sites (tertiary alicyclic amines) is 1. The molecule has 0 N–H and O–H groups in total. The molecule has 4 aliphatic heterocycles. The predicted molar refractivity (Wildman–Crippen MR) is 124 cm³/mol. The Balaban J connectivity index is 1.03. The quantitative estimate of drug-likeness (QED) is 0.637. The van der Waals surface area contributed by atoms with E-state index in [9.17, 15) is 4.39 Å². The lowest BCUT2D eigenvalue weighted by atomic mass is 9.86. The maximum absolute atomic E-state index is 14.1. The molecule has 33 heavy (non-hydrogen) atoms. The van der Waals surface area contributed by atoms with E-state index in [0.29, 0.717) is 24.5 Å². The number of hydrogen-bond donors (Lipinski definition) is 0. The third-order valence-corrected chi connectivity index (χ3v) is 8.47. The Morgan fingerprint density at radius 1 is 1.18 bits per heavy atom. The standard InChI is InChI=1S/C24H31FN4O3S/c25-19-1-2-22(31-12-17-5-8-30-11-17)21(9-19)18-3-6-28(7-4-18)20-10-24(32-13-20)14-29(15-24)23-27-26-16-33-23/h1-2,9,16-18,20H,3-8,10-15H2/t17-,20+/m1/s1. The van der Waals surface area contributed by atoms with Crippen LogP contribution in [0.4, 0.5) is 9.52 Å². The van der Waals surface area contributed by atoms with Gasteiger partial charge >= 0.3 is 0 Å². The Labute approximate surface area is 197 Å². The minimum Gasteiger partial charge on any atom is -0.493 e. The van der Waals surface area contributed by atoms with Gasteiger partial charge in [0.05, 0.1) is 32.9 Å². The minimum atomic E-state index is -0.180. The van der Waals surface area contributed by atoms with Gasteiger partial charge in [0, 0.05) is 24.1 Å². The Bertz CT molecular complexity index is 941. The van der Waals surface area contributed by atoms with Gasteiger partial charge in [0.15, 0.2) is 0 Å². The smallest absolute Gasteiger partial charge is 0.208 e. The highest BCUT2D eigenvalue weighted by atomic mass is 32.1. The zero-order chi connectivity index (χ0) is 22.3. The summed E-state index contributed by atoms with van der Waals surface area (Å²) in [6.07, 6.45) is 4.16. The molecule has 6 rings (SSSR count). The van der Waals surface area contributed by atoms with Gasteiger partial charge in [0.1, 0.15) is 22.7 Å². The molecule has 4 fully saturated rings. The van der Waals surface area contributed by atoms with E-state index in [1.807, 2.05) is 6.07 Å². The van der Waals surface area contributed by atoms with Crippen molar-refractivity contribution in [1.82, 2.24) is 15.1 Å². The van der Waals surface area contributed by atoms with Crippen LogP contribution in [0.1, 0.15) is 37.2 Å². The second-order valence-electron chi connectivity index (χ2n) is 9.96. The van der Waals surface area contributed by atoms with Gasteiger partial charge < -0.3 is 19.1 Å². The Kier molecular flexibility index (Phi) is 5.98. The SMILES string of the molecule is Fc1ccc(OC[C@@H]2CCOC2)c(C2CCN([C@@H]3COC4(C3)CN(c3nncs3)C4)CC2)c1. The number of hydrogen-bond acceptors (Lipinski definition) is 8. The van der Waals surface area contributed by atoms with Crippen LogP contribution >= 0.6 is 11.3 Å². The Hall–Kier alpha value is -1.81. The van der Waals surface area contributed by atoms with E-state index in [1.165, 1.54) is 6.07 Å². The zero-order valence-corrected chi connectivity index (χ0v) is 19.6. The lowest BCUT2D eigenvalue weighted by Gasteiger charge is -2.47. The number of halogens is 1. The molecule has 0 amide bonds. The first-order chi connectivity index (χ1) is 16.2. The summed E-state index contributed by atoms with van der Waals surface area (Å²) in [5.74, 6) is 1.43. The first-order valence-electron chi connectivity index (χ1n) is 12.1. The third-order valence-electron chi connectivity index (χ3n) is 7.72. The zero-order valence-electron chi connectivity index (χ0n) is 18.8. The summed E-state index contributed by atoms with van der Waals surface area (Å²) in [6, 6.07) is 5.47. The van der Waals surface area contributed by atoms with Gasteiger partial charge in [-0.1, -0.05) is 11.3 Å². The molecular weight excluding hydrogens is 443 g/mol. The van der Waals surface area contributed by atoms with E-state index in [4.69, 9.17) is 14.2 Å². The van der Waals surface area contributed by atoms with Crippen LogP contribution in [-0.4, -0.2) is 79.3 Å². The average molecular weight is 475 g/mol. The monoisotopic (exact) mass is 474 g/mol. The topological polar surface area (TPSA) is 60.0 Å². The van der Waals surface area contributed by atoms with Gasteiger partial charge in [0.25, 0.3) is 0 Å². The summed E-state index contributed by atoms with van der Waals surface area (Å²) in [4.78, 5) is 4.84. The van der Waals surface area contributed by atoms with E-state index in [0.717, 1.165) is 88.1 Å². The van der Waals surface area contributed by atoms with E-state index < -0.39 is 0 Å². The molecule has 1 spiro atoms. The largest absolute Gasteiger partial charge is 0.493 e. The summed E-state index contributed by atoms with van der Waals surface area (Å²) < 4.78 is 32.0. The van der Waals surface area contributed by atoms with E-state index in [1.54, 1.807) is 22.9 Å². The maximum Gasteiger partial charge on any atom is 0.208 e. The second-order valence-corrected chi connectivity index (χ2v) is 10.8. The second kappa shape index (κ2) is 9.09. The molecule has 1 aromatic heterocycles. The van der Waals surface area contributed by atoms with Crippen LogP contribution in [0.5, 0.6) is 5.75 Å². The van der Waals surface area contributed by atoms with Crippen LogP contribution in [0.15, 0.2) is 23.7 Å². The van der Waals surface area contributed by atoms with Gasteiger partial charge in [-0.25, -0.2) is 4.39 Å². The van der Waals surface area contributed by atoms with Gasteiger partial charge in [0.2, 0.25) is 5.13 Å². The highest BCUT2D eigenvalue weighted by Gasteiger charge is 2.51. The van der Waals surface area contributed by atoms with Crippen LogP contribution in [0.25, 0.3) is 0 Å². The lowest BCUT2D eigenvalue weighted by molar-refractivity contribution is -0.0195. The fourth-order valence-electron chi connectivity index (χ4n) is 5.83. The van der Waals surface area contributed by atoms with Gasteiger partial charge in [-0.15, -0.1) is 10.2 Å². The summed E-state index contributed by atoms with van der Waals surface area (Å²) in [5, 5.41) is 9.10. The molecule has 0 bridgehead atoms. The molecule has 7 nitrogen and oxygen atoms in total. The molecule has 4 aliphatic rings. The van der Waals surface area contributed by atoms with E-state index in [-0.39, 0.29) is 11.4 Å². The van der Waals surface area contributed by atoms with Crippen molar-refractivity contribution in [3.8, 4) is 5.75 Å². The molecule has 9 heteroatoms. The maximum atomic E-state index is 14.1. The summed E-state index contributed by atoms with van der Waals surface area (Å²) in [5.41, 5.74) is 2.78. The Morgan fingerprint density at radius 3 is 2.82 bits per heavy atom. The highest BCUT2D eigenvalue weighted by molar-refractivity contribution is 7.13. The first-order valence-corrected chi connectivity index (χ1v) is 12.9. The number of anilines is 1. The molecule has 178 valence electrons. The molecule has 4 saturated heterocycles. The molecule has 2 aromatic rings. The predicted octanol–water partition coefficient (Wildman–Crippen LogP) is 3.32. The van der Waals surface area contributed by atoms with Crippen molar-refractivity contribution in [1.29, 1.82) is 0 Å². The molecule has 5 heterocycles. The molecule has 0 aliphatic carbocycles. The fraction of sp³-hybridized carbons (Fsp3) is 0.667. The van der Waals surface area contributed by atoms with Crippen LogP contribution in [-0.2, 0) is 9.47 Å². The number of benzene rings is 1. The first kappa shape index (κ1) is 21.7. The van der Waals surface area contributed by atoms with Crippen LogP contribution in [0, 0.1) is 11.7 Å². The number of rotatable bonds is 6. The number of nitrogens with zero attached hydrogens (tertiary/aromatic N) is 4. The van der Waals surface area contributed by atoms with Crippen LogP contribution in [0.2, 0.25) is 0 Å². The van der Waals surface area contributed by atoms with Crippen LogP contribution < -0.4 is 9.64 Å². The summed E-state index contributed by atoms with van der Waals surface area (Å²) in [7, 11) is 0. The highest BCUT2D eigenvalue weighted by Crippen LogP contribution is 2.41. The van der Waals surface area contributed by atoms with Gasteiger partial charge in [-0.3, -0.25) is 4.90 Å². The van der Waals surface area contributed by atoms with Gasteiger partial charge in [-0.2, -0.15) is 0 Å². The lowest BCUT2D eigenvalue weighted by Crippen LogP contribution is -2.62. The van der Waals surface area contributed by atoms with Crippen LogP contribution in [0.3, 0.4) is 0 Å². The third kappa shape index (κ3) is 4.48. The van der Waals surface area contributed by atoms with Crippen molar-refractivity contribution < 1.29 is 18.6 Å². The average Bonchev–Trinajstić information content (AvgIpc) is 3.59. The minimum absolute atomic E-state index is 0.0271. The van der Waals surface area contributed by atoms with Crippen molar-refractivity contribution in [3.63, 3.8) is 0 Å². The van der Waals surface area contributed by atoms with Crippen molar-refractivity contribution in [2.75, 3.05) is 57.5 Å². The molecule has 0 saturated carbocycles. The number of aromatic nitrogens is 2. The van der Waals surface area contributed by atoms with Crippen molar-refractivity contribution in [3.05, 3.63) is 35.1 Å². The normalized spacial score (nSPS) is 27.8. The molecule has 1 aromatic carbocycles.